The zero-order chi connectivity index (χ0) is 10.6. The van der Waals surface area contributed by atoms with Gasteiger partial charge in [-0.3, -0.25) is 4.79 Å². The predicted octanol–water partition coefficient (Wildman–Crippen LogP) is 2.73. The quantitative estimate of drug-likeness (QED) is 0.740. The van der Waals surface area contributed by atoms with E-state index in [0.717, 1.165) is 19.4 Å². The van der Waals surface area contributed by atoms with Crippen LogP contribution in [0.1, 0.15) is 52.9 Å². The number of hydrogen-bond donors (Lipinski definition) is 1. The minimum Gasteiger partial charge on any atom is -0.355 e. The lowest BCUT2D eigenvalue weighted by Crippen LogP contribution is -2.41. The van der Waals surface area contributed by atoms with Crippen molar-refractivity contribution in [2.45, 2.75) is 52.9 Å². The van der Waals surface area contributed by atoms with Crippen LogP contribution in [0.25, 0.3) is 0 Å². The van der Waals surface area contributed by atoms with Gasteiger partial charge in [0.25, 0.3) is 0 Å². The first-order chi connectivity index (χ1) is 6.54. The minimum atomic E-state index is -0.0762. The van der Waals surface area contributed by atoms with Crippen molar-refractivity contribution in [3.63, 3.8) is 0 Å². The Morgan fingerprint density at radius 3 is 2.36 bits per heavy atom. The molecule has 1 aliphatic carbocycles. The van der Waals surface area contributed by atoms with Crippen LogP contribution in [-0.2, 0) is 4.79 Å². The van der Waals surface area contributed by atoms with E-state index in [-0.39, 0.29) is 11.3 Å². The minimum absolute atomic E-state index is 0.0762. The van der Waals surface area contributed by atoms with Gasteiger partial charge in [0.1, 0.15) is 0 Å². The molecule has 1 N–H and O–H groups in total. The third-order valence-electron chi connectivity index (χ3n) is 3.18. The van der Waals surface area contributed by atoms with Gasteiger partial charge in [-0.15, -0.1) is 0 Å². The van der Waals surface area contributed by atoms with Crippen LogP contribution in [0.4, 0.5) is 0 Å². The molecule has 0 aliphatic heterocycles. The summed E-state index contributed by atoms with van der Waals surface area (Å²) in [5.74, 6) is 0.817. The molecule has 0 heterocycles. The van der Waals surface area contributed by atoms with E-state index >= 15 is 0 Å². The molecule has 0 atom stereocenters. The van der Waals surface area contributed by atoms with E-state index in [9.17, 15) is 4.79 Å². The molecular formula is C12H23NO. The highest BCUT2D eigenvalue weighted by molar-refractivity contribution is 5.82. The van der Waals surface area contributed by atoms with E-state index in [1.54, 1.807) is 0 Å². The van der Waals surface area contributed by atoms with Crippen molar-refractivity contribution >= 4 is 5.91 Å². The molecule has 1 fully saturated rings. The molecule has 1 amide bonds. The number of nitrogens with one attached hydrogen (secondary N) is 1. The summed E-state index contributed by atoms with van der Waals surface area (Å²) in [5.41, 5.74) is -0.0762. The lowest BCUT2D eigenvalue weighted by atomic mass is 9.75. The molecule has 0 aromatic rings. The highest BCUT2D eigenvalue weighted by Gasteiger charge is 2.34. The van der Waals surface area contributed by atoms with E-state index in [1.807, 2.05) is 0 Å². The van der Waals surface area contributed by atoms with Gasteiger partial charge in [-0.2, -0.15) is 0 Å². The van der Waals surface area contributed by atoms with Crippen LogP contribution in [0.5, 0.6) is 0 Å². The van der Waals surface area contributed by atoms with E-state index < -0.39 is 0 Å². The maximum atomic E-state index is 11.9. The summed E-state index contributed by atoms with van der Waals surface area (Å²) in [5, 5.41) is 3.05. The van der Waals surface area contributed by atoms with Gasteiger partial charge in [-0.25, -0.2) is 0 Å². The van der Waals surface area contributed by atoms with Crippen LogP contribution in [0, 0.1) is 11.3 Å². The van der Waals surface area contributed by atoms with Gasteiger partial charge in [0.2, 0.25) is 5.91 Å². The first-order valence-corrected chi connectivity index (χ1v) is 5.83. The molecule has 0 bridgehead atoms. The summed E-state index contributed by atoms with van der Waals surface area (Å²) in [6.45, 7) is 7.18. The first-order valence-electron chi connectivity index (χ1n) is 5.83. The normalized spacial score (nSPS) is 20.9. The number of carbonyl (C=O) groups is 1. The Morgan fingerprint density at radius 2 is 1.86 bits per heavy atom. The van der Waals surface area contributed by atoms with Crippen molar-refractivity contribution in [2.75, 3.05) is 6.54 Å². The summed E-state index contributed by atoms with van der Waals surface area (Å²) in [6, 6.07) is 0. The maximum Gasteiger partial charge on any atom is 0.225 e. The van der Waals surface area contributed by atoms with Gasteiger partial charge in [-0.1, -0.05) is 40.0 Å². The molecule has 1 rings (SSSR count). The standard InChI is InChI=1S/C12H23NO/c1-10(2)9-13-11(14)12(3)7-5-4-6-8-12/h10H,4-9H2,1-3H3,(H,13,14). The molecule has 1 aliphatic rings. The van der Waals surface area contributed by atoms with Crippen LogP contribution >= 0.6 is 0 Å². The highest BCUT2D eigenvalue weighted by Crippen LogP contribution is 2.35. The van der Waals surface area contributed by atoms with Gasteiger partial charge in [0, 0.05) is 12.0 Å². The van der Waals surface area contributed by atoms with Crippen LogP contribution < -0.4 is 5.32 Å². The Hall–Kier alpha value is -0.530. The largest absolute Gasteiger partial charge is 0.355 e. The molecule has 0 aromatic carbocycles. The fourth-order valence-electron chi connectivity index (χ4n) is 2.07. The van der Waals surface area contributed by atoms with Crippen LogP contribution in [0.15, 0.2) is 0 Å². The zero-order valence-electron chi connectivity index (χ0n) is 9.73. The van der Waals surface area contributed by atoms with E-state index in [0.29, 0.717) is 5.92 Å². The van der Waals surface area contributed by atoms with Crippen molar-refractivity contribution in [3.05, 3.63) is 0 Å². The van der Waals surface area contributed by atoms with E-state index in [2.05, 4.69) is 26.1 Å². The van der Waals surface area contributed by atoms with Gasteiger partial charge in [0.05, 0.1) is 0 Å². The van der Waals surface area contributed by atoms with Crippen molar-refractivity contribution in [2.24, 2.45) is 11.3 Å². The number of rotatable bonds is 3. The van der Waals surface area contributed by atoms with Crippen LogP contribution in [0.2, 0.25) is 0 Å². The van der Waals surface area contributed by atoms with Gasteiger partial charge >= 0.3 is 0 Å². The Labute approximate surface area is 87.5 Å². The lowest BCUT2D eigenvalue weighted by molar-refractivity contribution is -0.132. The second kappa shape index (κ2) is 4.81. The molecular weight excluding hydrogens is 174 g/mol. The molecule has 2 heteroatoms. The Bertz CT molecular complexity index is 192. The van der Waals surface area contributed by atoms with Crippen LogP contribution in [-0.4, -0.2) is 12.5 Å². The fraction of sp³-hybridized carbons (Fsp3) is 0.917. The van der Waals surface area contributed by atoms with Gasteiger partial charge < -0.3 is 5.32 Å². The third-order valence-corrected chi connectivity index (χ3v) is 3.18. The topological polar surface area (TPSA) is 29.1 Å². The second-order valence-electron chi connectivity index (χ2n) is 5.23. The SMILES string of the molecule is CC(C)CNC(=O)C1(C)CCCCC1. The summed E-state index contributed by atoms with van der Waals surface area (Å²) in [6.07, 6.45) is 5.86. The highest BCUT2D eigenvalue weighted by atomic mass is 16.2. The van der Waals surface area contributed by atoms with E-state index in [4.69, 9.17) is 0 Å². The molecule has 0 unspecified atom stereocenters. The molecule has 14 heavy (non-hydrogen) atoms. The second-order valence-corrected chi connectivity index (χ2v) is 5.23. The van der Waals surface area contributed by atoms with Gasteiger partial charge in [-0.05, 0) is 18.8 Å². The molecule has 2 nitrogen and oxygen atoms in total. The van der Waals surface area contributed by atoms with Crippen molar-refractivity contribution in [1.82, 2.24) is 5.32 Å². The molecule has 0 saturated heterocycles. The smallest absolute Gasteiger partial charge is 0.225 e. The summed E-state index contributed by atoms with van der Waals surface area (Å²) >= 11 is 0. The summed E-state index contributed by atoms with van der Waals surface area (Å²) in [7, 11) is 0. The molecule has 82 valence electrons. The zero-order valence-corrected chi connectivity index (χ0v) is 9.73. The van der Waals surface area contributed by atoms with Crippen LogP contribution in [0.3, 0.4) is 0 Å². The Balaban J connectivity index is 2.41. The molecule has 1 saturated carbocycles. The van der Waals surface area contributed by atoms with Gasteiger partial charge in [0.15, 0.2) is 0 Å². The fourth-order valence-corrected chi connectivity index (χ4v) is 2.07. The van der Waals surface area contributed by atoms with Crippen molar-refractivity contribution in [3.8, 4) is 0 Å². The Morgan fingerprint density at radius 1 is 1.29 bits per heavy atom. The number of amides is 1. The molecule has 0 radical (unpaired) electrons. The summed E-state index contributed by atoms with van der Waals surface area (Å²) in [4.78, 5) is 11.9. The maximum absolute atomic E-state index is 11.9. The van der Waals surface area contributed by atoms with Crippen molar-refractivity contribution in [1.29, 1.82) is 0 Å². The Kier molecular flexibility index (Phi) is 3.97. The monoisotopic (exact) mass is 197 g/mol. The lowest BCUT2D eigenvalue weighted by Gasteiger charge is -2.32. The predicted molar refractivity (Wildman–Crippen MR) is 59.0 cm³/mol. The number of carbonyl (C=O) groups excluding carboxylic acids is 1. The first kappa shape index (κ1) is 11.5. The molecule has 0 spiro atoms. The third kappa shape index (κ3) is 3.00. The number of hydrogen-bond acceptors (Lipinski definition) is 1. The van der Waals surface area contributed by atoms with Crippen molar-refractivity contribution < 1.29 is 4.79 Å². The van der Waals surface area contributed by atoms with E-state index in [1.165, 1.54) is 19.3 Å². The molecule has 0 aromatic heterocycles. The average Bonchev–Trinajstić information content (AvgIpc) is 2.15. The average molecular weight is 197 g/mol. The summed E-state index contributed by atoms with van der Waals surface area (Å²) < 4.78 is 0.